The molecule has 0 aromatic heterocycles. The van der Waals surface area contributed by atoms with Gasteiger partial charge < -0.3 is 15.8 Å². The summed E-state index contributed by atoms with van der Waals surface area (Å²) >= 11 is 0. The monoisotopic (exact) mass is 201 g/mol. The number of amidine groups is 1. The quantitative estimate of drug-likeness (QED) is 0.303. The third kappa shape index (κ3) is 3.64. The van der Waals surface area contributed by atoms with E-state index < -0.39 is 0 Å². The Morgan fingerprint density at radius 1 is 1.50 bits per heavy atom. The molecule has 0 saturated carbocycles. The van der Waals surface area contributed by atoms with Crippen LogP contribution in [-0.4, -0.2) is 34.9 Å². The van der Waals surface area contributed by atoms with Crippen molar-refractivity contribution in [1.29, 1.82) is 0 Å². The molecule has 0 saturated heterocycles. The van der Waals surface area contributed by atoms with Crippen molar-refractivity contribution < 1.29 is 10.0 Å². The number of hydrogen-bond donors (Lipinski definition) is 2. The van der Waals surface area contributed by atoms with Crippen molar-refractivity contribution in [3.63, 3.8) is 0 Å². The van der Waals surface area contributed by atoms with E-state index in [0.29, 0.717) is 12.3 Å². The summed E-state index contributed by atoms with van der Waals surface area (Å²) < 4.78 is 0. The van der Waals surface area contributed by atoms with Crippen LogP contribution in [0.1, 0.15) is 27.2 Å². The van der Waals surface area contributed by atoms with Crippen molar-refractivity contribution in [2.45, 2.75) is 33.2 Å². The Bertz CT molecular complexity index is 226. The molecule has 82 valence electrons. The summed E-state index contributed by atoms with van der Waals surface area (Å²) in [4.78, 5) is 13.0. The van der Waals surface area contributed by atoms with Crippen molar-refractivity contribution in [2.75, 3.05) is 7.05 Å². The minimum Gasteiger partial charge on any atom is -0.409 e. The summed E-state index contributed by atoms with van der Waals surface area (Å²) in [6, 6.07) is -0.369. The first kappa shape index (κ1) is 12.7. The van der Waals surface area contributed by atoms with E-state index in [9.17, 15) is 4.79 Å². The van der Waals surface area contributed by atoms with Crippen molar-refractivity contribution in [3.05, 3.63) is 0 Å². The number of rotatable bonds is 4. The second-order valence-electron chi connectivity index (χ2n) is 3.80. The standard InChI is InChI=1S/C9H19N3O2/c1-6(2)5-8(13)12(4)7(3)9(10)11-14/h6-7,14H,5H2,1-4H3,(H2,10,11). The zero-order valence-electron chi connectivity index (χ0n) is 9.19. The highest BCUT2D eigenvalue weighted by atomic mass is 16.4. The third-order valence-corrected chi connectivity index (χ3v) is 2.10. The van der Waals surface area contributed by atoms with Gasteiger partial charge in [-0.1, -0.05) is 19.0 Å². The normalized spacial score (nSPS) is 14.2. The molecular weight excluding hydrogens is 182 g/mol. The van der Waals surface area contributed by atoms with E-state index in [-0.39, 0.29) is 17.8 Å². The first-order valence-corrected chi connectivity index (χ1v) is 4.63. The van der Waals surface area contributed by atoms with Crippen LogP contribution in [0.5, 0.6) is 0 Å². The van der Waals surface area contributed by atoms with Gasteiger partial charge in [-0.3, -0.25) is 4.79 Å². The first-order chi connectivity index (χ1) is 6.40. The van der Waals surface area contributed by atoms with Gasteiger partial charge >= 0.3 is 0 Å². The maximum atomic E-state index is 11.5. The maximum Gasteiger partial charge on any atom is 0.223 e. The van der Waals surface area contributed by atoms with E-state index in [4.69, 9.17) is 10.9 Å². The van der Waals surface area contributed by atoms with Crippen LogP contribution in [0.2, 0.25) is 0 Å². The lowest BCUT2D eigenvalue weighted by Crippen LogP contribution is -2.44. The number of nitrogens with two attached hydrogens (primary N) is 1. The molecule has 0 fully saturated rings. The molecule has 1 atom stereocenters. The van der Waals surface area contributed by atoms with Crippen LogP contribution >= 0.6 is 0 Å². The van der Waals surface area contributed by atoms with Gasteiger partial charge in [0.05, 0.1) is 6.04 Å². The number of hydrogen-bond acceptors (Lipinski definition) is 3. The fourth-order valence-corrected chi connectivity index (χ4v) is 0.991. The predicted octanol–water partition coefficient (Wildman–Crippen LogP) is 0.626. The van der Waals surface area contributed by atoms with E-state index in [1.165, 1.54) is 4.90 Å². The Balaban J connectivity index is 4.31. The van der Waals surface area contributed by atoms with Crippen LogP contribution in [0.15, 0.2) is 5.16 Å². The lowest BCUT2D eigenvalue weighted by atomic mass is 10.1. The molecule has 0 radical (unpaired) electrons. The summed E-state index contributed by atoms with van der Waals surface area (Å²) in [6.45, 7) is 5.66. The van der Waals surface area contributed by atoms with Crippen molar-refractivity contribution in [2.24, 2.45) is 16.8 Å². The van der Waals surface area contributed by atoms with Crippen LogP contribution < -0.4 is 5.73 Å². The Hall–Kier alpha value is -1.26. The predicted molar refractivity (Wildman–Crippen MR) is 55.1 cm³/mol. The molecule has 0 rings (SSSR count). The highest BCUT2D eigenvalue weighted by molar-refractivity contribution is 5.89. The van der Waals surface area contributed by atoms with Gasteiger partial charge in [0.1, 0.15) is 0 Å². The lowest BCUT2D eigenvalue weighted by Gasteiger charge is -2.24. The Morgan fingerprint density at radius 2 is 2.00 bits per heavy atom. The molecule has 0 aliphatic carbocycles. The molecule has 0 aromatic rings. The molecule has 3 N–H and O–H groups in total. The van der Waals surface area contributed by atoms with Crippen molar-refractivity contribution in [1.82, 2.24) is 4.90 Å². The molecule has 0 aliphatic heterocycles. The third-order valence-electron chi connectivity index (χ3n) is 2.10. The van der Waals surface area contributed by atoms with Crippen LogP contribution in [0.3, 0.4) is 0 Å². The summed E-state index contributed by atoms with van der Waals surface area (Å²) in [5.41, 5.74) is 5.39. The number of nitrogens with zero attached hydrogens (tertiary/aromatic N) is 2. The second kappa shape index (κ2) is 5.47. The lowest BCUT2D eigenvalue weighted by molar-refractivity contribution is -0.131. The fourth-order valence-electron chi connectivity index (χ4n) is 0.991. The summed E-state index contributed by atoms with van der Waals surface area (Å²) in [5.74, 6) is 0.355. The number of carbonyl (C=O) groups excluding carboxylic acids is 1. The smallest absolute Gasteiger partial charge is 0.223 e. The van der Waals surface area contributed by atoms with Crippen LogP contribution in [-0.2, 0) is 4.79 Å². The largest absolute Gasteiger partial charge is 0.409 e. The zero-order valence-corrected chi connectivity index (χ0v) is 9.19. The molecule has 1 unspecified atom stereocenters. The summed E-state index contributed by atoms with van der Waals surface area (Å²) in [6.07, 6.45) is 0.472. The van der Waals surface area contributed by atoms with E-state index >= 15 is 0 Å². The van der Waals surface area contributed by atoms with E-state index in [1.807, 2.05) is 13.8 Å². The molecule has 0 bridgehead atoms. The van der Waals surface area contributed by atoms with Gasteiger partial charge in [-0.15, -0.1) is 0 Å². The Labute approximate surface area is 84.6 Å². The van der Waals surface area contributed by atoms with E-state index in [2.05, 4.69) is 5.16 Å². The molecule has 0 spiro atoms. The zero-order chi connectivity index (χ0) is 11.3. The average molecular weight is 201 g/mol. The average Bonchev–Trinajstić information content (AvgIpc) is 2.13. The van der Waals surface area contributed by atoms with Gasteiger partial charge in [-0.05, 0) is 12.8 Å². The molecule has 14 heavy (non-hydrogen) atoms. The number of likely N-dealkylation sites (N-methyl/N-ethyl adjacent to an activating group) is 1. The van der Waals surface area contributed by atoms with Gasteiger partial charge in [0, 0.05) is 13.5 Å². The van der Waals surface area contributed by atoms with Gasteiger partial charge in [-0.2, -0.15) is 0 Å². The Kier molecular flexibility index (Phi) is 4.97. The van der Waals surface area contributed by atoms with Crippen LogP contribution in [0.4, 0.5) is 0 Å². The number of amides is 1. The van der Waals surface area contributed by atoms with E-state index in [1.54, 1.807) is 14.0 Å². The topological polar surface area (TPSA) is 78.9 Å². The minimum atomic E-state index is -0.369. The number of carbonyl (C=O) groups is 1. The van der Waals surface area contributed by atoms with Crippen molar-refractivity contribution >= 4 is 11.7 Å². The van der Waals surface area contributed by atoms with E-state index in [0.717, 1.165) is 0 Å². The highest BCUT2D eigenvalue weighted by Gasteiger charge is 2.19. The maximum absolute atomic E-state index is 11.5. The molecule has 0 aliphatic rings. The molecule has 0 aromatic carbocycles. The SMILES string of the molecule is CC(C)CC(=O)N(C)C(C)C(N)=NO. The first-order valence-electron chi connectivity index (χ1n) is 4.63. The van der Waals surface area contributed by atoms with Gasteiger partial charge in [-0.25, -0.2) is 0 Å². The minimum absolute atomic E-state index is 0.000833. The van der Waals surface area contributed by atoms with Gasteiger partial charge in [0.15, 0.2) is 5.84 Å². The Morgan fingerprint density at radius 3 is 2.36 bits per heavy atom. The highest BCUT2D eigenvalue weighted by Crippen LogP contribution is 2.05. The molecule has 5 nitrogen and oxygen atoms in total. The molecule has 0 heterocycles. The molecule has 1 amide bonds. The van der Waals surface area contributed by atoms with Gasteiger partial charge in [0.25, 0.3) is 0 Å². The molecular formula is C9H19N3O2. The van der Waals surface area contributed by atoms with Crippen molar-refractivity contribution in [3.8, 4) is 0 Å². The van der Waals surface area contributed by atoms with Gasteiger partial charge in [0.2, 0.25) is 5.91 Å². The van der Waals surface area contributed by atoms with Crippen LogP contribution in [0, 0.1) is 5.92 Å². The molecule has 5 heteroatoms. The van der Waals surface area contributed by atoms with Crippen LogP contribution in [0.25, 0.3) is 0 Å². The second-order valence-corrected chi connectivity index (χ2v) is 3.80. The summed E-state index contributed by atoms with van der Waals surface area (Å²) in [5, 5.41) is 11.3. The summed E-state index contributed by atoms with van der Waals surface area (Å²) in [7, 11) is 1.65. The fraction of sp³-hybridized carbons (Fsp3) is 0.778. The number of oxime groups is 1.